The quantitative estimate of drug-likeness (QED) is 0.559. The Morgan fingerprint density at radius 2 is 1.80 bits per heavy atom. The van der Waals surface area contributed by atoms with Gasteiger partial charge in [-0.1, -0.05) is 66.3 Å². The Hall–Kier alpha value is -2.08. The van der Waals surface area contributed by atoms with Crippen LogP contribution < -0.4 is 0 Å². The zero-order valence-corrected chi connectivity index (χ0v) is 12.2. The van der Waals surface area contributed by atoms with Gasteiger partial charge in [-0.05, 0) is 54.5 Å². The number of hydrogen-bond donors (Lipinski definition) is 0. The zero-order chi connectivity index (χ0) is 13.9. The van der Waals surface area contributed by atoms with Crippen LogP contribution >= 0.6 is 0 Å². The lowest BCUT2D eigenvalue weighted by atomic mass is 10.0. The van der Waals surface area contributed by atoms with Crippen LogP contribution in [0, 0.1) is 0 Å². The van der Waals surface area contributed by atoms with E-state index in [2.05, 4.69) is 74.5 Å². The average molecular weight is 260 g/mol. The van der Waals surface area contributed by atoms with Crippen LogP contribution in [0.1, 0.15) is 30.5 Å². The minimum atomic E-state index is 1.01. The van der Waals surface area contributed by atoms with E-state index in [1.54, 1.807) is 0 Å². The Bertz CT molecular complexity index is 683. The number of benzene rings is 2. The highest BCUT2D eigenvalue weighted by atomic mass is 14.2. The van der Waals surface area contributed by atoms with Gasteiger partial charge in [0.2, 0.25) is 0 Å². The lowest BCUT2D eigenvalue weighted by Crippen LogP contribution is -1.86. The van der Waals surface area contributed by atoms with Gasteiger partial charge < -0.3 is 0 Å². The second-order valence-electron chi connectivity index (χ2n) is 5.70. The maximum Gasteiger partial charge on any atom is -0.00134 e. The van der Waals surface area contributed by atoms with E-state index < -0.39 is 0 Å². The van der Waals surface area contributed by atoms with Crippen LogP contribution in [0.4, 0.5) is 0 Å². The summed E-state index contributed by atoms with van der Waals surface area (Å²) in [6, 6.07) is 15.6. The Labute approximate surface area is 121 Å². The summed E-state index contributed by atoms with van der Waals surface area (Å²) in [5.74, 6) is 0. The van der Waals surface area contributed by atoms with Crippen molar-refractivity contribution in [3.8, 4) is 11.1 Å². The molecule has 0 heteroatoms. The number of allylic oxidation sites excluding steroid dienone is 4. The van der Waals surface area contributed by atoms with Gasteiger partial charge in [0.1, 0.15) is 0 Å². The third-order valence-electron chi connectivity index (χ3n) is 3.78. The Balaban J connectivity index is 1.81. The standard InChI is InChI=1S/C20H20/c1-15(2)7-3-4-8-16-11-12-20-18(13-16)14-17-9-5-6-10-19(17)20/h3-7,9-13H,8,14H2,1-2H3/b4-3+. The molecule has 0 aliphatic heterocycles. The van der Waals surface area contributed by atoms with Crippen molar-refractivity contribution in [3.63, 3.8) is 0 Å². The first-order valence-corrected chi connectivity index (χ1v) is 7.24. The molecule has 0 N–H and O–H groups in total. The normalized spacial score (nSPS) is 12.3. The Morgan fingerprint density at radius 3 is 2.65 bits per heavy atom. The van der Waals surface area contributed by atoms with Gasteiger partial charge in [-0.25, -0.2) is 0 Å². The highest BCUT2D eigenvalue weighted by Gasteiger charge is 2.17. The van der Waals surface area contributed by atoms with E-state index >= 15 is 0 Å². The second-order valence-corrected chi connectivity index (χ2v) is 5.70. The summed E-state index contributed by atoms with van der Waals surface area (Å²) >= 11 is 0. The fourth-order valence-corrected chi connectivity index (χ4v) is 2.79. The molecule has 1 aliphatic carbocycles. The molecular weight excluding hydrogens is 240 g/mol. The van der Waals surface area contributed by atoms with Crippen LogP contribution in [0.5, 0.6) is 0 Å². The lowest BCUT2D eigenvalue weighted by Gasteiger charge is -2.03. The van der Waals surface area contributed by atoms with Crippen molar-refractivity contribution in [3.05, 3.63) is 83.0 Å². The smallest absolute Gasteiger partial charge is 0.00134 e. The molecule has 0 amide bonds. The molecule has 0 saturated carbocycles. The highest BCUT2D eigenvalue weighted by molar-refractivity contribution is 5.76. The Kier molecular flexibility index (Phi) is 3.56. The highest BCUT2D eigenvalue weighted by Crippen LogP contribution is 2.36. The zero-order valence-electron chi connectivity index (χ0n) is 12.2. The predicted octanol–water partition coefficient (Wildman–Crippen LogP) is 5.32. The van der Waals surface area contributed by atoms with Gasteiger partial charge in [-0.15, -0.1) is 0 Å². The molecule has 0 spiro atoms. The van der Waals surface area contributed by atoms with Crippen molar-refractivity contribution < 1.29 is 0 Å². The summed E-state index contributed by atoms with van der Waals surface area (Å²) in [5, 5.41) is 0. The van der Waals surface area contributed by atoms with E-state index in [1.165, 1.54) is 33.4 Å². The number of rotatable bonds is 3. The molecule has 1 aliphatic rings. The molecule has 20 heavy (non-hydrogen) atoms. The van der Waals surface area contributed by atoms with Crippen LogP contribution in [0.15, 0.2) is 66.3 Å². The van der Waals surface area contributed by atoms with Gasteiger partial charge >= 0.3 is 0 Å². The summed E-state index contributed by atoms with van der Waals surface area (Å²) in [5.41, 5.74) is 8.49. The fraction of sp³-hybridized carbons (Fsp3) is 0.200. The molecule has 100 valence electrons. The molecule has 0 fully saturated rings. The first-order valence-electron chi connectivity index (χ1n) is 7.24. The molecule has 0 nitrogen and oxygen atoms in total. The van der Waals surface area contributed by atoms with Gasteiger partial charge in [0.15, 0.2) is 0 Å². The maximum absolute atomic E-state index is 2.36. The SMILES string of the molecule is CC(C)=C/C=C/Cc1ccc2c(c1)Cc1ccccc1-2. The summed E-state index contributed by atoms with van der Waals surface area (Å²) in [4.78, 5) is 0. The van der Waals surface area contributed by atoms with E-state index in [0.29, 0.717) is 0 Å². The summed E-state index contributed by atoms with van der Waals surface area (Å²) in [6.45, 7) is 4.24. The molecule has 3 rings (SSSR count). The molecule has 0 saturated heterocycles. The van der Waals surface area contributed by atoms with Crippen LogP contribution in [0.2, 0.25) is 0 Å². The Morgan fingerprint density at radius 1 is 1.00 bits per heavy atom. The molecule has 0 aromatic heterocycles. The van der Waals surface area contributed by atoms with Crippen molar-refractivity contribution in [2.45, 2.75) is 26.7 Å². The lowest BCUT2D eigenvalue weighted by molar-refractivity contribution is 1.21. The van der Waals surface area contributed by atoms with Gasteiger partial charge in [0.25, 0.3) is 0 Å². The maximum atomic E-state index is 2.36. The van der Waals surface area contributed by atoms with E-state index in [9.17, 15) is 0 Å². The summed E-state index contributed by atoms with van der Waals surface area (Å²) < 4.78 is 0. The monoisotopic (exact) mass is 260 g/mol. The van der Waals surface area contributed by atoms with Gasteiger partial charge in [0, 0.05) is 0 Å². The van der Waals surface area contributed by atoms with Crippen LogP contribution in [-0.2, 0) is 12.8 Å². The molecule has 0 radical (unpaired) electrons. The van der Waals surface area contributed by atoms with E-state index in [0.717, 1.165) is 12.8 Å². The van der Waals surface area contributed by atoms with Crippen molar-refractivity contribution >= 4 is 0 Å². The van der Waals surface area contributed by atoms with Crippen molar-refractivity contribution in [1.82, 2.24) is 0 Å². The summed E-state index contributed by atoms with van der Waals surface area (Å²) in [7, 11) is 0. The second kappa shape index (κ2) is 5.50. The molecule has 0 atom stereocenters. The fourth-order valence-electron chi connectivity index (χ4n) is 2.79. The first kappa shape index (κ1) is 12.9. The molecule has 0 unspecified atom stereocenters. The van der Waals surface area contributed by atoms with Crippen molar-refractivity contribution in [1.29, 1.82) is 0 Å². The van der Waals surface area contributed by atoms with Crippen LogP contribution in [-0.4, -0.2) is 0 Å². The third kappa shape index (κ3) is 2.60. The van der Waals surface area contributed by atoms with E-state index in [-0.39, 0.29) is 0 Å². The van der Waals surface area contributed by atoms with Crippen molar-refractivity contribution in [2.75, 3.05) is 0 Å². The number of fused-ring (bicyclic) bond motifs is 3. The first-order chi connectivity index (χ1) is 9.74. The number of hydrogen-bond acceptors (Lipinski definition) is 0. The van der Waals surface area contributed by atoms with Crippen molar-refractivity contribution in [2.24, 2.45) is 0 Å². The van der Waals surface area contributed by atoms with Gasteiger partial charge in [0.05, 0.1) is 0 Å². The molecule has 0 bridgehead atoms. The minimum Gasteiger partial charge on any atom is -0.0801 e. The minimum absolute atomic E-state index is 1.01. The van der Waals surface area contributed by atoms with E-state index in [1.807, 2.05) is 0 Å². The average Bonchev–Trinajstić information content (AvgIpc) is 2.81. The topological polar surface area (TPSA) is 0 Å². The largest absolute Gasteiger partial charge is 0.0801 e. The van der Waals surface area contributed by atoms with Crippen LogP contribution in [0.3, 0.4) is 0 Å². The predicted molar refractivity (Wildman–Crippen MR) is 87.0 cm³/mol. The van der Waals surface area contributed by atoms with Crippen LogP contribution in [0.25, 0.3) is 11.1 Å². The third-order valence-corrected chi connectivity index (χ3v) is 3.78. The van der Waals surface area contributed by atoms with Gasteiger partial charge in [-0.2, -0.15) is 0 Å². The molecular formula is C20H20. The van der Waals surface area contributed by atoms with Gasteiger partial charge in [-0.3, -0.25) is 0 Å². The summed E-state index contributed by atoms with van der Waals surface area (Å²) in [6.07, 6.45) is 8.63. The molecule has 0 heterocycles. The molecule has 2 aromatic carbocycles. The molecule has 2 aromatic rings. The van der Waals surface area contributed by atoms with E-state index in [4.69, 9.17) is 0 Å².